The van der Waals surface area contributed by atoms with Gasteiger partial charge in [-0.25, -0.2) is 4.98 Å². The number of rotatable bonds is 3. The van der Waals surface area contributed by atoms with Crippen LogP contribution in [0, 0.1) is 0 Å². The summed E-state index contributed by atoms with van der Waals surface area (Å²) >= 11 is 7.18. The highest BCUT2D eigenvalue weighted by atomic mass is 35.5. The lowest BCUT2D eigenvalue weighted by atomic mass is 10.2. The topological polar surface area (TPSA) is 33.2 Å². The maximum atomic E-state index is 12.3. The average molecular weight is 335 g/mol. The number of nitrogens with zero attached hydrogens (tertiary/aromatic N) is 2. The van der Waals surface area contributed by atoms with Crippen LogP contribution >= 0.6 is 22.9 Å². The molecule has 0 atom stereocenters. The number of hydrogen-bond donors (Lipinski definition) is 0. The Labute approximate surface area is 128 Å². The van der Waals surface area contributed by atoms with Gasteiger partial charge in [-0.05, 0) is 6.07 Å². The van der Waals surface area contributed by atoms with Gasteiger partial charge < -0.3 is 4.90 Å². The molecule has 0 saturated heterocycles. The van der Waals surface area contributed by atoms with E-state index < -0.39 is 18.6 Å². The number of alkyl halides is 3. The molecule has 0 unspecified atom stereocenters. The minimum Gasteiger partial charge on any atom is -0.331 e. The van der Waals surface area contributed by atoms with E-state index in [1.807, 2.05) is 0 Å². The highest BCUT2D eigenvalue weighted by molar-refractivity contribution is 7.13. The van der Waals surface area contributed by atoms with E-state index in [2.05, 4.69) is 4.98 Å². The normalized spacial score (nSPS) is 11.5. The predicted octanol–water partition coefficient (Wildman–Crippen LogP) is 4.10. The number of halogens is 4. The van der Waals surface area contributed by atoms with Crippen LogP contribution in [0.1, 0.15) is 10.5 Å². The SMILES string of the molecule is CN(CC(F)(F)F)C(=O)c1csc(-c2ccccc2Cl)n1. The number of hydrogen-bond acceptors (Lipinski definition) is 3. The molecule has 1 amide bonds. The first kappa shape index (κ1) is 15.8. The summed E-state index contributed by atoms with van der Waals surface area (Å²) in [5.74, 6) is -0.776. The molecule has 0 fully saturated rings. The van der Waals surface area contributed by atoms with Crippen molar-refractivity contribution in [3.8, 4) is 10.6 Å². The second kappa shape index (κ2) is 6.03. The van der Waals surface area contributed by atoms with Gasteiger partial charge >= 0.3 is 6.18 Å². The summed E-state index contributed by atoms with van der Waals surface area (Å²) < 4.78 is 36.8. The summed E-state index contributed by atoms with van der Waals surface area (Å²) in [4.78, 5) is 16.5. The van der Waals surface area contributed by atoms with E-state index in [4.69, 9.17) is 11.6 Å². The zero-order valence-corrected chi connectivity index (χ0v) is 12.4. The van der Waals surface area contributed by atoms with Crippen LogP contribution in [0.3, 0.4) is 0 Å². The summed E-state index contributed by atoms with van der Waals surface area (Å²) in [7, 11) is 1.09. The third kappa shape index (κ3) is 3.95. The first-order chi connectivity index (χ1) is 9.78. The van der Waals surface area contributed by atoms with Gasteiger partial charge in [-0.1, -0.05) is 29.8 Å². The van der Waals surface area contributed by atoms with Crippen molar-refractivity contribution in [2.24, 2.45) is 0 Å². The first-order valence-electron chi connectivity index (χ1n) is 5.80. The largest absolute Gasteiger partial charge is 0.406 e. The van der Waals surface area contributed by atoms with Crippen LogP contribution < -0.4 is 0 Å². The van der Waals surface area contributed by atoms with Crippen LogP contribution in [0.5, 0.6) is 0 Å². The van der Waals surface area contributed by atoms with Crippen LogP contribution in [0.2, 0.25) is 5.02 Å². The molecule has 2 aromatic rings. The number of carbonyl (C=O) groups excluding carboxylic acids is 1. The van der Waals surface area contributed by atoms with Crippen LogP contribution in [-0.4, -0.2) is 35.6 Å². The Hall–Kier alpha value is -1.60. The molecule has 2 rings (SSSR count). The molecule has 0 N–H and O–H groups in total. The highest BCUT2D eigenvalue weighted by Crippen LogP contribution is 2.30. The third-order valence-corrected chi connectivity index (χ3v) is 3.80. The average Bonchev–Trinajstić information content (AvgIpc) is 2.85. The molecular formula is C13H10ClF3N2OS. The maximum Gasteiger partial charge on any atom is 0.406 e. The lowest BCUT2D eigenvalue weighted by Crippen LogP contribution is -2.35. The lowest BCUT2D eigenvalue weighted by molar-refractivity contribution is -0.138. The molecule has 3 nitrogen and oxygen atoms in total. The first-order valence-corrected chi connectivity index (χ1v) is 7.06. The van der Waals surface area contributed by atoms with Crippen LogP contribution in [0.15, 0.2) is 29.6 Å². The molecule has 0 saturated carbocycles. The Morgan fingerprint density at radius 3 is 2.67 bits per heavy atom. The van der Waals surface area contributed by atoms with Crippen molar-refractivity contribution >= 4 is 28.8 Å². The fraction of sp³-hybridized carbons (Fsp3) is 0.231. The van der Waals surface area contributed by atoms with E-state index in [-0.39, 0.29) is 5.69 Å². The molecule has 0 aliphatic heterocycles. The van der Waals surface area contributed by atoms with Gasteiger partial charge in [0, 0.05) is 18.0 Å². The van der Waals surface area contributed by atoms with E-state index in [0.29, 0.717) is 20.5 Å². The van der Waals surface area contributed by atoms with Crippen molar-refractivity contribution < 1.29 is 18.0 Å². The number of benzene rings is 1. The monoisotopic (exact) mass is 334 g/mol. The van der Waals surface area contributed by atoms with Crippen molar-refractivity contribution in [3.63, 3.8) is 0 Å². The third-order valence-electron chi connectivity index (χ3n) is 2.59. The van der Waals surface area contributed by atoms with E-state index >= 15 is 0 Å². The fourth-order valence-electron chi connectivity index (χ4n) is 1.67. The molecular weight excluding hydrogens is 325 g/mol. The van der Waals surface area contributed by atoms with E-state index in [1.165, 1.54) is 5.38 Å². The summed E-state index contributed by atoms with van der Waals surface area (Å²) in [5.41, 5.74) is 0.614. The smallest absolute Gasteiger partial charge is 0.331 e. The van der Waals surface area contributed by atoms with Gasteiger partial charge in [0.1, 0.15) is 17.2 Å². The minimum absolute atomic E-state index is 0.0262. The Kier molecular flexibility index (Phi) is 4.53. The number of amides is 1. The van der Waals surface area contributed by atoms with Gasteiger partial charge in [0.25, 0.3) is 5.91 Å². The molecule has 112 valence electrons. The van der Waals surface area contributed by atoms with Crippen molar-refractivity contribution in [3.05, 3.63) is 40.4 Å². The van der Waals surface area contributed by atoms with Gasteiger partial charge in [-0.15, -0.1) is 11.3 Å². The van der Waals surface area contributed by atoms with E-state index in [0.717, 1.165) is 18.4 Å². The molecule has 1 aromatic heterocycles. The maximum absolute atomic E-state index is 12.3. The van der Waals surface area contributed by atoms with Gasteiger partial charge in [-0.3, -0.25) is 4.79 Å². The number of aromatic nitrogens is 1. The van der Waals surface area contributed by atoms with E-state index in [1.54, 1.807) is 24.3 Å². The van der Waals surface area contributed by atoms with Crippen LogP contribution in [0.4, 0.5) is 13.2 Å². The van der Waals surface area contributed by atoms with Crippen molar-refractivity contribution in [1.29, 1.82) is 0 Å². The van der Waals surface area contributed by atoms with Gasteiger partial charge in [0.15, 0.2) is 0 Å². The fourth-order valence-corrected chi connectivity index (χ4v) is 2.78. The lowest BCUT2D eigenvalue weighted by Gasteiger charge is -2.17. The Morgan fingerprint density at radius 1 is 1.38 bits per heavy atom. The van der Waals surface area contributed by atoms with Crippen molar-refractivity contribution in [2.75, 3.05) is 13.6 Å². The zero-order valence-electron chi connectivity index (χ0n) is 10.8. The Morgan fingerprint density at radius 2 is 2.05 bits per heavy atom. The summed E-state index contributed by atoms with van der Waals surface area (Å²) in [6, 6.07) is 6.92. The Balaban J connectivity index is 2.20. The van der Waals surface area contributed by atoms with Crippen LogP contribution in [0.25, 0.3) is 10.6 Å². The summed E-state index contributed by atoms with van der Waals surface area (Å²) in [6.07, 6.45) is -4.44. The molecule has 1 heterocycles. The highest BCUT2D eigenvalue weighted by Gasteiger charge is 2.32. The van der Waals surface area contributed by atoms with Crippen LogP contribution in [-0.2, 0) is 0 Å². The van der Waals surface area contributed by atoms with Gasteiger partial charge in [-0.2, -0.15) is 13.2 Å². The standard InChI is InChI=1S/C13H10ClF3N2OS/c1-19(7-13(15,16)17)12(20)10-6-21-11(18-10)8-4-2-3-5-9(8)14/h2-6H,7H2,1H3. The number of carbonyl (C=O) groups is 1. The summed E-state index contributed by atoms with van der Waals surface area (Å²) in [6.45, 7) is -1.31. The molecule has 8 heteroatoms. The second-order valence-corrected chi connectivity index (χ2v) is 5.56. The van der Waals surface area contributed by atoms with Crippen molar-refractivity contribution in [1.82, 2.24) is 9.88 Å². The number of thiazole rings is 1. The molecule has 0 radical (unpaired) electrons. The molecule has 21 heavy (non-hydrogen) atoms. The zero-order chi connectivity index (χ0) is 15.6. The quantitative estimate of drug-likeness (QED) is 0.846. The summed E-state index contributed by atoms with van der Waals surface area (Å²) in [5, 5.41) is 2.38. The molecule has 1 aromatic carbocycles. The molecule has 0 spiro atoms. The Bertz CT molecular complexity index is 657. The molecule has 0 bridgehead atoms. The van der Waals surface area contributed by atoms with E-state index in [9.17, 15) is 18.0 Å². The van der Waals surface area contributed by atoms with Crippen molar-refractivity contribution in [2.45, 2.75) is 6.18 Å². The molecule has 0 aliphatic carbocycles. The van der Waals surface area contributed by atoms with Gasteiger partial charge in [0.05, 0.1) is 5.02 Å². The predicted molar refractivity (Wildman–Crippen MR) is 75.6 cm³/mol. The minimum atomic E-state index is -4.44. The molecule has 0 aliphatic rings. The second-order valence-electron chi connectivity index (χ2n) is 4.29. The van der Waals surface area contributed by atoms with Gasteiger partial charge in [0.2, 0.25) is 0 Å².